The Morgan fingerprint density at radius 3 is 2.69 bits per heavy atom. The van der Waals surface area contributed by atoms with Gasteiger partial charge < -0.3 is 10.8 Å². The predicted octanol–water partition coefficient (Wildman–Crippen LogP) is 0.236. The number of benzene rings is 1. The van der Waals surface area contributed by atoms with Crippen molar-refractivity contribution in [2.45, 2.75) is 24.8 Å². The number of anilines is 1. The van der Waals surface area contributed by atoms with Crippen LogP contribution in [0.15, 0.2) is 23.1 Å². The highest BCUT2D eigenvalue weighted by Crippen LogP contribution is 2.19. The van der Waals surface area contributed by atoms with Crippen molar-refractivity contribution in [3.05, 3.63) is 23.8 Å². The van der Waals surface area contributed by atoms with Gasteiger partial charge in [0.2, 0.25) is 10.0 Å². The second-order valence-corrected chi connectivity index (χ2v) is 5.41. The Morgan fingerprint density at radius 2 is 2.12 bits per heavy atom. The van der Waals surface area contributed by atoms with Crippen molar-refractivity contribution in [2.24, 2.45) is 0 Å². The first-order valence-corrected chi connectivity index (χ1v) is 6.35. The van der Waals surface area contributed by atoms with Crippen LogP contribution in [0.5, 0.6) is 0 Å². The van der Waals surface area contributed by atoms with E-state index in [1.807, 2.05) is 0 Å². The van der Waals surface area contributed by atoms with Crippen molar-refractivity contribution in [3.63, 3.8) is 0 Å². The van der Waals surface area contributed by atoms with E-state index in [9.17, 15) is 8.42 Å². The molecule has 1 aromatic carbocycles. The maximum Gasteiger partial charge on any atom is 0.240 e. The molecule has 0 aliphatic carbocycles. The lowest BCUT2D eigenvalue weighted by molar-refractivity contribution is 0.198. The van der Waals surface area contributed by atoms with Crippen LogP contribution >= 0.6 is 0 Å². The molecule has 0 spiro atoms. The Balaban J connectivity index is 3.03. The van der Waals surface area contributed by atoms with Crippen LogP contribution in [0.3, 0.4) is 0 Å². The zero-order chi connectivity index (χ0) is 12.3. The Bertz CT molecular complexity index is 469. The van der Waals surface area contributed by atoms with Crippen LogP contribution in [0.1, 0.15) is 12.5 Å². The summed E-state index contributed by atoms with van der Waals surface area (Å²) in [5.41, 5.74) is 6.58. The lowest BCUT2D eigenvalue weighted by Crippen LogP contribution is -2.31. The van der Waals surface area contributed by atoms with Gasteiger partial charge in [0.05, 0.1) is 11.0 Å². The molecule has 0 fully saturated rings. The summed E-state index contributed by atoms with van der Waals surface area (Å²) in [6, 6.07) is 4.71. The molecule has 90 valence electrons. The number of nitrogens with two attached hydrogens (primary N) is 1. The summed E-state index contributed by atoms with van der Waals surface area (Å²) >= 11 is 0. The van der Waals surface area contributed by atoms with Crippen LogP contribution in [0.25, 0.3) is 0 Å². The molecule has 1 aromatic rings. The van der Waals surface area contributed by atoms with E-state index in [1.165, 1.54) is 13.0 Å². The number of sulfonamides is 1. The van der Waals surface area contributed by atoms with Crippen LogP contribution in [0.2, 0.25) is 0 Å². The molecule has 0 aliphatic heterocycles. The zero-order valence-electron chi connectivity index (χ0n) is 9.27. The van der Waals surface area contributed by atoms with Gasteiger partial charge in [-0.2, -0.15) is 0 Å². The van der Waals surface area contributed by atoms with E-state index < -0.39 is 16.1 Å². The number of rotatable bonds is 4. The first kappa shape index (κ1) is 13.0. The predicted molar refractivity (Wildman–Crippen MR) is 62.5 cm³/mol. The molecule has 0 radical (unpaired) electrons. The number of nitrogen functional groups attached to an aromatic ring is 1. The molecule has 0 aliphatic rings. The normalized spacial score (nSPS) is 13.7. The summed E-state index contributed by atoms with van der Waals surface area (Å²) < 4.78 is 26.0. The molecular weight excluding hydrogens is 228 g/mol. The monoisotopic (exact) mass is 244 g/mol. The third-order valence-corrected chi connectivity index (χ3v) is 3.75. The molecule has 1 rings (SSSR count). The van der Waals surface area contributed by atoms with Gasteiger partial charge in [-0.05, 0) is 31.5 Å². The summed E-state index contributed by atoms with van der Waals surface area (Å²) in [5, 5.41) is 9.03. The van der Waals surface area contributed by atoms with E-state index in [1.54, 1.807) is 19.1 Å². The second kappa shape index (κ2) is 4.82. The molecule has 0 bridgehead atoms. The van der Waals surface area contributed by atoms with E-state index in [2.05, 4.69) is 4.72 Å². The number of aliphatic hydroxyl groups is 1. The van der Waals surface area contributed by atoms with E-state index >= 15 is 0 Å². The van der Waals surface area contributed by atoms with Gasteiger partial charge in [0.25, 0.3) is 0 Å². The number of aliphatic hydroxyl groups excluding tert-OH is 1. The van der Waals surface area contributed by atoms with Crippen LogP contribution < -0.4 is 10.5 Å². The fourth-order valence-corrected chi connectivity index (χ4v) is 2.63. The summed E-state index contributed by atoms with van der Waals surface area (Å²) in [4.78, 5) is 0.146. The van der Waals surface area contributed by atoms with Crippen molar-refractivity contribution in [1.82, 2.24) is 4.72 Å². The highest BCUT2D eigenvalue weighted by molar-refractivity contribution is 7.89. The Kier molecular flexibility index (Phi) is 3.90. The summed E-state index contributed by atoms with van der Waals surface area (Å²) in [7, 11) is -3.60. The average Bonchev–Trinajstić information content (AvgIpc) is 2.19. The third-order valence-electron chi connectivity index (χ3n) is 2.18. The fourth-order valence-electron chi connectivity index (χ4n) is 1.23. The van der Waals surface area contributed by atoms with Gasteiger partial charge in [0, 0.05) is 12.2 Å². The lowest BCUT2D eigenvalue weighted by atomic mass is 10.2. The van der Waals surface area contributed by atoms with Gasteiger partial charge in [-0.15, -0.1) is 0 Å². The smallest absolute Gasteiger partial charge is 0.240 e. The molecule has 4 N–H and O–H groups in total. The van der Waals surface area contributed by atoms with Crippen LogP contribution in [-0.2, 0) is 10.0 Å². The number of hydrogen-bond acceptors (Lipinski definition) is 4. The van der Waals surface area contributed by atoms with Gasteiger partial charge in [0.15, 0.2) is 0 Å². The van der Waals surface area contributed by atoms with Gasteiger partial charge in [-0.1, -0.05) is 6.07 Å². The molecule has 0 amide bonds. The Hall–Kier alpha value is -1.11. The Labute approximate surface area is 95.3 Å². The summed E-state index contributed by atoms with van der Waals surface area (Å²) in [6.45, 7) is 3.14. The molecule has 16 heavy (non-hydrogen) atoms. The first-order valence-electron chi connectivity index (χ1n) is 4.87. The van der Waals surface area contributed by atoms with E-state index in [4.69, 9.17) is 10.8 Å². The van der Waals surface area contributed by atoms with Crippen molar-refractivity contribution in [2.75, 3.05) is 12.3 Å². The van der Waals surface area contributed by atoms with Gasteiger partial charge in [-0.3, -0.25) is 0 Å². The van der Waals surface area contributed by atoms with E-state index in [0.29, 0.717) is 11.3 Å². The standard InChI is InChI=1S/C10H16N2O3S/c1-7(13)6-12-16(14,15)10-5-3-4-9(11)8(10)2/h3-5,7,12-13H,6,11H2,1-2H3/t7-/m1/s1. The summed E-state index contributed by atoms with van der Waals surface area (Å²) in [5.74, 6) is 0. The van der Waals surface area contributed by atoms with Crippen LogP contribution in [0, 0.1) is 6.92 Å². The van der Waals surface area contributed by atoms with Gasteiger partial charge >= 0.3 is 0 Å². The molecule has 0 aromatic heterocycles. The molecule has 1 atom stereocenters. The van der Waals surface area contributed by atoms with Gasteiger partial charge in [0.1, 0.15) is 0 Å². The van der Waals surface area contributed by atoms with Crippen molar-refractivity contribution in [1.29, 1.82) is 0 Å². The van der Waals surface area contributed by atoms with Crippen molar-refractivity contribution < 1.29 is 13.5 Å². The molecule has 0 saturated heterocycles. The minimum Gasteiger partial charge on any atom is -0.398 e. The molecular formula is C10H16N2O3S. The first-order chi connectivity index (χ1) is 7.34. The number of nitrogens with one attached hydrogen (secondary N) is 1. The third kappa shape index (κ3) is 2.94. The zero-order valence-corrected chi connectivity index (χ0v) is 10.1. The SMILES string of the molecule is Cc1c(N)cccc1S(=O)(=O)NC[C@@H](C)O. The van der Waals surface area contributed by atoms with Gasteiger partial charge in [-0.25, -0.2) is 13.1 Å². The fraction of sp³-hybridized carbons (Fsp3) is 0.400. The molecule has 0 unspecified atom stereocenters. The van der Waals surface area contributed by atoms with Crippen molar-refractivity contribution >= 4 is 15.7 Å². The van der Waals surface area contributed by atoms with E-state index in [-0.39, 0.29) is 11.4 Å². The second-order valence-electron chi connectivity index (χ2n) is 3.67. The molecule has 5 nitrogen and oxygen atoms in total. The minimum absolute atomic E-state index is 0.0173. The lowest BCUT2D eigenvalue weighted by Gasteiger charge is -2.11. The van der Waals surface area contributed by atoms with E-state index in [0.717, 1.165) is 0 Å². The van der Waals surface area contributed by atoms with Crippen molar-refractivity contribution in [3.8, 4) is 0 Å². The average molecular weight is 244 g/mol. The largest absolute Gasteiger partial charge is 0.398 e. The highest BCUT2D eigenvalue weighted by Gasteiger charge is 2.17. The summed E-state index contributed by atoms with van der Waals surface area (Å²) in [6.07, 6.45) is -0.726. The molecule has 0 heterocycles. The maximum absolute atomic E-state index is 11.8. The Morgan fingerprint density at radius 1 is 1.50 bits per heavy atom. The maximum atomic E-state index is 11.8. The quantitative estimate of drug-likeness (QED) is 0.661. The molecule has 0 saturated carbocycles. The molecule has 6 heteroatoms. The topological polar surface area (TPSA) is 92.4 Å². The number of hydrogen-bond donors (Lipinski definition) is 3. The minimum atomic E-state index is -3.60. The highest BCUT2D eigenvalue weighted by atomic mass is 32.2. The van der Waals surface area contributed by atoms with Crippen LogP contribution in [-0.4, -0.2) is 26.2 Å². The van der Waals surface area contributed by atoms with Crippen LogP contribution in [0.4, 0.5) is 5.69 Å².